The van der Waals surface area contributed by atoms with Crippen molar-refractivity contribution in [2.24, 2.45) is 5.92 Å². The van der Waals surface area contributed by atoms with E-state index in [9.17, 15) is 0 Å². The molecule has 1 rings (SSSR count). The van der Waals surface area contributed by atoms with Crippen LogP contribution in [0, 0.1) is 19.8 Å². The van der Waals surface area contributed by atoms with Crippen molar-refractivity contribution in [3.05, 3.63) is 33.8 Å². The lowest BCUT2D eigenvalue weighted by Gasteiger charge is -2.11. The number of hydrogen-bond donors (Lipinski definition) is 1. The molecule has 0 nitrogen and oxygen atoms in total. The van der Waals surface area contributed by atoms with Crippen LogP contribution in [0.3, 0.4) is 0 Å². The van der Waals surface area contributed by atoms with Crippen molar-refractivity contribution in [2.75, 3.05) is 5.75 Å². The largest absolute Gasteiger partial charge is 0.179 e. The standard InChI is InChI=1S/C12H17ClS/c1-8(7-14)4-11-5-9(2)10(3)6-12(11)13/h5-6,8,14H,4,7H2,1-3H3. The summed E-state index contributed by atoms with van der Waals surface area (Å²) >= 11 is 10.5. The minimum atomic E-state index is 0.581. The van der Waals surface area contributed by atoms with Gasteiger partial charge in [0.25, 0.3) is 0 Å². The van der Waals surface area contributed by atoms with Gasteiger partial charge in [-0.05, 0) is 54.7 Å². The molecule has 0 radical (unpaired) electrons. The van der Waals surface area contributed by atoms with Gasteiger partial charge in [-0.1, -0.05) is 24.6 Å². The van der Waals surface area contributed by atoms with E-state index in [2.05, 4.69) is 45.5 Å². The SMILES string of the molecule is Cc1cc(Cl)c(CC(C)CS)cc1C. The first-order valence-corrected chi connectivity index (χ1v) is 5.92. The molecule has 0 aliphatic rings. The summed E-state index contributed by atoms with van der Waals surface area (Å²) in [5.41, 5.74) is 3.82. The highest BCUT2D eigenvalue weighted by Gasteiger charge is 2.07. The van der Waals surface area contributed by atoms with Crippen LogP contribution in [0.2, 0.25) is 5.02 Å². The third kappa shape index (κ3) is 2.93. The lowest BCUT2D eigenvalue weighted by atomic mass is 9.99. The van der Waals surface area contributed by atoms with Crippen LogP contribution in [0.4, 0.5) is 0 Å². The summed E-state index contributed by atoms with van der Waals surface area (Å²) in [7, 11) is 0. The van der Waals surface area contributed by atoms with Gasteiger partial charge in [0.1, 0.15) is 0 Å². The molecule has 0 spiro atoms. The fourth-order valence-electron chi connectivity index (χ4n) is 1.44. The maximum atomic E-state index is 6.18. The van der Waals surface area contributed by atoms with Crippen molar-refractivity contribution in [1.29, 1.82) is 0 Å². The van der Waals surface area contributed by atoms with Crippen molar-refractivity contribution < 1.29 is 0 Å². The van der Waals surface area contributed by atoms with Crippen molar-refractivity contribution in [1.82, 2.24) is 0 Å². The van der Waals surface area contributed by atoms with Gasteiger partial charge in [0.15, 0.2) is 0 Å². The minimum absolute atomic E-state index is 0.581. The van der Waals surface area contributed by atoms with Gasteiger partial charge in [0, 0.05) is 5.02 Å². The van der Waals surface area contributed by atoms with Crippen LogP contribution in [-0.2, 0) is 6.42 Å². The zero-order valence-corrected chi connectivity index (χ0v) is 10.6. The van der Waals surface area contributed by atoms with Crippen LogP contribution in [0.5, 0.6) is 0 Å². The summed E-state index contributed by atoms with van der Waals surface area (Å²) in [5.74, 6) is 1.49. The third-order valence-electron chi connectivity index (χ3n) is 2.54. The van der Waals surface area contributed by atoms with Gasteiger partial charge < -0.3 is 0 Å². The highest BCUT2D eigenvalue weighted by Crippen LogP contribution is 2.23. The van der Waals surface area contributed by atoms with Gasteiger partial charge in [-0.2, -0.15) is 12.6 Å². The minimum Gasteiger partial charge on any atom is -0.179 e. The molecule has 2 heteroatoms. The molecule has 1 atom stereocenters. The van der Waals surface area contributed by atoms with E-state index in [4.69, 9.17) is 11.6 Å². The molecule has 1 aromatic rings. The molecule has 0 heterocycles. The maximum Gasteiger partial charge on any atom is 0.0440 e. The first kappa shape index (κ1) is 11.9. The Morgan fingerprint density at radius 3 is 2.43 bits per heavy atom. The Hall–Kier alpha value is -0.140. The van der Waals surface area contributed by atoms with Crippen molar-refractivity contribution in [3.63, 3.8) is 0 Å². The first-order chi connectivity index (χ1) is 6.54. The molecule has 1 aromatic carbocycles. The predicted octanol–water partition coefficient (Wildman–Crippen LogP) is 4.07. The molecule has 1 unspecified atom stereocenters. The smallest absolute Gasteiger partial charge is 0.0440 e. The predicted molar refractivity (Wildman–Crippen MR) is 67.6 cm³/mol. The highest BCUT2D eigenvalue weighted by atomic mass is 35.5. The second-order valence-electron chi connectivity index (χ2n) is 4.02. The topological polar surface area (TPSA) is 0 Å². The van der Waals surface area contributed by atoms with Crippen LogP contribution in [0.15, 0.2) is 12.1 Å². The quantitative estimate of drug-likeness (QED) is 0.741. The van der Waals surface area contributed by atoms with Crippen molar-refractivity contribution >= 4 is 24.2 Å². The van der Waals surface area contributed by atoms with E-state index in [1.54, 1.807) is 0 Å². The van der Waals surface area contributed by atoms with Crippen LogP contribution in [0.25, 0.3) is 0 Å². The van der Waals surface area contributed by atoms with Crippen LogP contribution in [0.1, 0.15) is 23.6 Å². The van der Waals surface area contributed by atoms with Crippen molar-refractivity contribution in [3.8, 4) is 0 Å². The molecule has 0 fully saturated rings. The fourth-order valence-corrected chi connectivity index (χ4v) is 1.86. The Bertz CT molecular complexity index is 320. The molecule has 0 aliphatic carbocycles. The molecule has 0 amide bonds. The van der Waals surface area contributed by atoms with Gasteiger partial charge in [0.05, 0.1) is 0 Å². The molecule has 0 N–H and O–H groups in total. The Morgan fingerprint density at radius 2 is 1.86 bits per heavy atom. The zero-order valence-electron chi connectivity index (χ0n) is 8.97. The van der Waals surface area contributed by atoms with E-state index in [1.165, 1.54) is 16.7 Å². The number of rotatable bonds is 3. The van der Waals surface area contributed by atoms with Crippen LogP contribution in [-0.4, -0.2) is 5.75 Å². The molecule has 14 heavy (non-hydrogen) atoms. The number of benzene rings is 1. The summed E-state index contributed by atoms with van der Waals surface area (Å²) in [6.07, 6.45) is 1.02. The molecule has 78 valence electrons. The molecule has 0 aliphatic heterocycles. The molecule has 0 bridgehead atoms. The van der Waals surface area contributed by atoms with E-state index >= 15 is 0 Å². The summed E-state index contributed by atoms with van der Waals surface area (Å²) < 4.78 is 0. The summed E-state index contributed by atoms with van der Waals surface area (Å²) in [6, 6.07) is 4.25. The second kappa shape index (κ2) is 5.09. The maximum absolute atomic E-state index is 6.18. The Balaban J connectivity index is 2.92. The van der Waals surface area contributed by atoms with Gasteiger partial charge in [-0.3, -0.25) is 0 Å². The van der Waals surface area contributed by atoms with Crippen molar-refractivity contribution in [2.45, 2.75) is 27.2 Å². The van der Waals surface area contributed by atoms with Gasteiger partial charge in [-0.25, -0.2) is 0 Å². The lowest BCUT2D eigenvalue weighted by Crippen LogP contribution is -2.02. The average Bonchev–Trinajstić information content (AvgIpc) is 2.14. The van der Waals surface area contributed by atoms with E-state index in [1.807, 2.05) is 0 Å². The van der Waals surface area contributed by atoms with Gasteiger partial charge in [-0.15, -0.1) is 0 Å². The summed E-state index contributed by atoms with van der Waals surface area (Å²) in [5, 5.41) is 0.890. The molecule has 0 saturated heterocycles. The number of halogens is 1. The summed E-state index contributed by atoms with van der Waals surface area (Å²) in [4.78, 5) is 0. The molecule has 0 saturated carbocycles. The average molecular weight is 229 g/mol. The van der Waals surface area contributed by atoms with E-state index in [0.717, 1.165) is 17.2 Å². The van der Waals surface area contributed by atoms with Crippen LogP contribution >= 0.6 is 24.2 Å². The number of hydrogen-bond acceptors (Lipinski definition) is 1. The van der Waals surface area contributed by atoms with Crippen LogP contribution < -0.4 is 0 Å². The zero-order chi connectivity index (χ0) is 10.7. The lowest BCUT2D eigenvalue weighted by molar-refractivity contribution is 0.660. The Morgan fingerprint density at radius 1 is 1.29 bits per heavy atom. The monoisotopic (exact) mass is 228 g/mol. The van der Waals surface area contributed by atoms with E-state index in [0.29, 0.717) is 5.92 Å². The molecular weight excluding hydrogens is 212 g/mol. The normalized spacial score (nSPS) is 12.9. The molecule has 0 aromatic heterocycles. The number of aryl methyl sites for hydroxylation is 2. The first-order valence-electron chi connectivity index (χ1n) is 4.91. The molecular formula is C12H17ClS. The number of thiol groups is 1. The Kier molecular flexibility index (Phi) is 4.33. The summed E-state index contributed by atoms with van der Waals surface area (Å²) in [6.45, 7) is 6.41. The third-order valence-corrected chi connectivity index (χ3v) is 3.52. The Labute approximate surface area is 97.1 Å². The van der Waals surface area contributed by atoms with Gasteiger partial charge >= 0.3 is 0 Å². The second-order valence-corrected chi connectivity index (χ2v) is 4.79. The highest BCUT2D eigenvalue weighted by molar-refractivity contribution is 7.80. The van der Waals surface area contributed by atoms with E-state index in [-0.39, 0.29) is 0 Å². The van der Waals surface area contributed by atoms with E-state index < -0.39 is 0 Å². The van der Waals surface area contributed by atoms with Gasteiger partial charge in [0.2, 0.25) is 0 Å². The fraction of sp³-hybridized carbons (Fsp3) is 0.500.